The minimum Gasteiger partial charge on any atom is -0.179 e. The van der Waals surface area contributed by atoms with E-state index in [1.165, 1.54) is 0 Å². The molecule has 0 aliphatic carbocycles. The van der Waals surface area contributed by atoms with Crippen molar-refractivity contribution in [1.29, 1.82) is 0 Å². The Morgan fingerprint density at radius 2 is 1.40 bits per heavy atom. The van der Waals surface area contributed by atoms with E-state index in [0.29, 0.717) is 0 Å². The van der Waals surface area contributed by atoms with Crippen LogP contribution in [0.3, 0.4) is 0 Å². The summed E-state index contributed by atoms with van der Waals surface area (Å²) in [6.45, 7) is 3.32. The molecule has 0 unspecified atom stereocenters. The summed E-state index contributed by atoms with van der Waals surface area (Å²) >= 11 is 2.34. The summed E-state index contributed by atoms with van der Waals surface area (Å²) in [6.07, 6.45) is 0. The average molecular weight is 127 g/mol. The van der Waals surface area contributed by atoms with Gasteiger partial charge in [-0.3, -0.25) is 0 Å². The molecule has 5 heavy (non-hydrogen) atoms. The quantitative estimate of drug-likeness (QED) is 0.428. The fraction of sp³-hybridized carbons (Fsp3) is 0. The van der Waals surface area contributed by atoms with Crippen LogP contribution in [0.4, 0.5) is 0 Å². The molecule has 30 valence electrons. The van der Waals surface area contributed by atoms with Crippen molar-refractivity contribution in [1.82, 2.24) is 0 Å². The highest BCUT2D eigenvalue weighted by Gasteiger charge is 1.18. The lowest BCUT2D eigenvalue weighted by Crippen LogP contribution is -1.29. The van der Waals surface area contributed by atoms with Gasteiger partial charge in [0.15, 0.2) is 16.3 Å². The van der Waals surface area contributed by atoms with Gasteiger partial charge in [0.2, 0.25) is 0 Å². The molecule has 0 N–H and O–H groups in total. The highest BCUT2D eigenvalue weighted by atomic mass is 35.5. The highest BCUT2D eigenvalue weighted by Crippen LogP contribution is 1.24. The highest BCUT2D eigenvalue weighted by molar-refractivity contribution is 6.16. The summed E-state index contributed by atoms with van der Waals surface area (Å²) in [5.41, 5.74) is 0. The first-order valence-corrected chi connectivity index (χ1v) is 1.41. The Morgan fingerprint density at radius 1 is 1.40 bits per heavy atom. The average Bonchev–Trinajstić information content (AvgIpc) is 0.918. The van der Waals surface area contributed by atoms with Gasteiger partial charge in [0, 0.05) is 0 Å². The van der Waals surface area contributed by atoms with Gasteiger partial charge >= 0.3 is 0 Å². The van der Waals surface area contributed by atoms with Crippen molar-refractivity contribution in [2.75, 3.05) is 0 Å². The fourth-order valence-electron chi connectivity index (χ4n) is 0. The van der Waals surface area contributed by atoms with Gasteiger partial charge < -0.3 is 0 Å². The summed E-state index contributed by atoms with van der Waals surface area (Å²) in [6, 6.07) is 0. The van der Waals surface area contributed by atoms with E-state index in [9.17, 15) is 0 Å². The second-order valence-corrected chi connectivity index (χ2v) is 0.707. The maximum Gasteiger partial charge on any atom is 0.161 e. The van der Waals surface area contributed by atoms with E-state index < -0.39 is 0 Å². The summed E-state index contributed by atoms with van der Waals surface area (Å²) in [4.78, 5) is 1.67. The van der Waals surface area contributed by atoms with Gasteiger partial charge in [0.1, 0.15) is 0 Å². The van der Waals surface area contributed by atoms with E-state index in [4.69, 9.17) is 0 Å². The Balaban J connectivity index is -0.0000000200. The van der Waals surface area contributed by atoms with Crippen molar-refractivity contribution in [3.8, 4) is 0 Å². The Morgan fingerprint density at radius 3 is 1.40 bits per heavy atom. The van der Waals surface area contributed by atoms with Gasteiger partial charge in [-0.25, -0.2) is 0 Å². The van der Waals surface area contributed by atoms with Gasteiger partial charge in [-0.15, -0.1) is 31.4 Å². The van der Waals surface area contributed by atoms with Crippen LogP contribution in [0.25, 0.3) is 0 Å². The van der Waals surface area contributed by atoms with Crippen LogP contribution in [0.15, 0.2) is 11.5 Å². The second kappa shape index (κ2) is 21.0. The molecule has 0 saturated heterocycles. The van der Waals surface area contributed by atoms with E-state index in [1.54, 1.807) is 4.94 Å². The fourth-order valence-corrected chi connectivity index (χ4v) is 0. The molecule has 0 aromatic rings. The molecular weight excluding hydrogens is 122 g/mol. The Labute approximate surface area is 52.9 Å². The second-order valence-electron chi connectivity index (χ2n) is 0.236. The molecule has 0 aliphatic rings. The molecule has 0 amide bonds. The zero-order valence-electron chi connectivity index (χ0n) is 2.68. The summed E-state index contributed by atoms with van der Waals surface area (Å²) < 4.78 is 0. The van der Waals surface area contributed by atoms with Gasteiger partial charge in [-0.1, -0.05) is 0 Å². The summed E-state index contributed by atoms with van der Waals surface area (Å²) in [5.74, 6) is 0. The predicted octanol–water partition coefficient (Wildman–Crippen LogP) is 1.14. The predicted molar refractivity (Wildman–Crippen MR) is 30.4 cm³/mol. The van der Waals surface area contributed by atoms with Crippen LogP contribution in [-0.2, 0) is 0 Å². The van der Waals surface area contributed by atoms with Gasteiger partial charge in [0.25, 0.3) is 0 Å². The van der Waals surface area contributed by atoms with Crippen molar-refractivity contribution in [3.63, 3.8) is 0 Å². The van der Waals surface area contributed by atoms with Gasteiger partial charge in [0.05, 0.1) is 0 Å². The van der Waals surface area contributed by atoms with Crippen LogP contribution in [-0.4, -0.2) is 16.3 Å². The third-order valence-electron chi connectivity index (χ3n) is 0. The molecule has 3 heteroatoms. The molecule has 0 nitrogen and oxygen atoms in total. The van der Waals surface area contributed by atoms with E-state index in [2.05, 4.69) is 22.9 Å². The topological polar surface area (TPSA) is 0 Å². The third kappa shape index (κ3) is 54.3. The van der Waals surface area contributed by atoms with Crippen LogP contribution in [0.5, 0.6) is 0 Å². The van der Waals surface area contributed by atoms with E-state index in [1.807, 2.05) is 0 Å². The largest absolute Gasteiger partial charge is 0.179 e. The molecule has 0 atom stereocenters. The van der Waals surface area contributed by atoms with E-state index >= 15 is 0 Å². The van der Waals surface area contributed by atoms with Gasteiger partial charge in [-0.2, -0.15) is 4.94 Å². The number of hydrogen-bond acceptors (Lipinski definition) is 0. The molecule has 0 aliphatic heterocycles. The monoisotopic (exact) mass is 126 g/mol. The van der Waals surface area contributed by atoms with Crippen LogP contribution in [0, 0.1) is 0 Å². The molecule has 0 fully saturated rings. The van der Waals surface area contributed by atoms with E-state index in [-0.39, 0.29) is 24.8 Å². The Hall–Kier alpha value is 0.852. The van der Waals surface area contributed by atoms with Crippen LogP contribution < -0.4 is 0 Å². The molecular formula is C2H5AlCl2. The lowest BCUT2D eigenvalue weighted by Gasteiger charge is -1.29. The van der Waals surface area contributed by atoms with Crippen LogP contribution >= 0.6 is 24.8 Å². The molecule has 0 aromatic carbocycles. The number of rotatable bonds is 0. The molecule has 0 aromatic heterocycles. The normalized spacial score (nSPS) is 2.40. The standard InChI is InChI=1S/C2H3.Al.2ClH/c1-2;;;/h1H,2H2;;2*1H. The summed E-state index contributed by atoms with van der Waals surface area (Å²) in [5, 5.41) is 0. The van der Waals surface area contributed by atoms with Crippen molar-refractivity contribution in [2.24, 2.45) is 0 Å². The zero-order valence-corrected chi connectivity index (χ0v) is 5.47. The number of hydrogen-bond donors (Lipinski definition) is 0. The molecule has 0 spiro atoms. The van der Waals surface area contributed by atoms with E-state index in [0.717, 1.165) is 0 Å². The van der Waals surface area contributed by atoms with Crippen molar-refractivity contribution < 1.29 is 0 Å². The molecule has 0 heterocycles. The Bertz CT molecular complexity index is 15.1. The van der Waals surface area contributed by atoms with Crippen molar-refractivity contribution >= 4 is 41.1 Å². The SMILES string of the molecule is C=[CH][Al].Cl.Cl. The molecule has 0 bridgehead atoms. The first kappa shape index (κ1) is 16.9. The van der Waals surface area contributed by atoms with Crippen LogP contribution in [0.1, 0.15) is 0 Å². The molecule has 2 radical (unpaired) electrons. The molecule has 0 rings (SSSR count). The minimum atomic E-state index is 0. The Kier molecular flexibility index (Phi) is 71.1. The lowest BCUT2D eigenvalue weighted by atomic mass is 11.3. The summed E-state index contributed by atoms with van der Waals surface area (Å²) in [7, 11) is 0. The first-order chi connectivity index (χ1) is 1.41. The third-order valence-corrected chi connectivity index (χ3v) is 0. The minimum absolute atomic E-state index is 0. The number of halogens is 2. The first-order valence-electron chi connectivity index (χ1n) is 0.742. The van der Waals surface area contributed by atoms with Gasteiger partial charge in [-0.05, 0) is 0 Å². The zero-order chi connectivity index (χ0) is 2.71. The van der Waals surface area contributed by atoms with Crippen molar-refractivity contribution in [3.05, 3.63) is 11.5 Å². The van der Waals surface area contributed by atoms with Crippen LogP contribution in [0.2, 0.25) is 0 Å². The lowest BCUT2D eigenvalue weighted by molar-refractivity contribution is 2.63. The smallest absolute Gasteiger partial charge is 0.161 e. The maximum atomic E-state index is 3.32. The maximum absolute atomic E-state index is 3.32. The van der Waals surface area contributed by atoms with Crippen molar-refractivity contribution in [2.45, 2.75) is 0 Å². The molecule has 0 saturated carbocycles.